The summed E-state index contributed by atoms with van der Waals surface area (Å²) >= 11 is 1.86. The zero-order valence-electron chi connectivity index (χ0n) is 24.0. The number of thioether (sulfide) groups is 1. The Balaban J connectivity index is 1.24. The molecule has 2 aromatic carbocycles. The molecule has 0 unspecified atom stereocenters. The van der Waals surface area contributed by atoms with Crippen LogP contribution in [0.15, 0.2) is 60.7 Å². The second kappa shape index (κ2) is 12.5. The van der Waals surface area contributed by atoms with Crippen molar-refractivity contribution in [3.05, 3.63) is 72.1 Å². The number of nitrogens with one attached hydrogen (secondary N) is 1. The van der Waals surface area contributed by atoms with E-state index in [9.17, 15) is 18.7 Å². The number of hydrogen-bond acceptors (Lipinski definition) is 8. The Morgan fingerprint density at radius 2 is 1.65 bits per heavy atom. The molecule has 12 heteroatoms. The van der Waals surface area contributed by atoms with E-state index in [2.05, 4.69) is 20.2 Å². The van der Waals surface area contributed by atoms with Gasteiger partial charge in [-0.2, -0.15) is 21.7 Å². The fourth-order valence-corrected chi connectivity index (χ4v) is 6.72. The van der Waals surface area contributed by atoms with E-state index < -0.39 is 23.9 Å². The number of nitrogens with zero attached hydrogens (tertiary/aromatic N) is 6. The highest BCUT2D eigenvalue weighted by molar-refractivity contribution is 7.99. The molecule has 2 saturated heterocycles. The van der Waals surface area contributed by atoms with Gasteiger partial charge in [-0.3, -0.25) is 9.36 Å². The first-order valence-corrected chi connectivity index (χ1v) is 15.7. The van der Waals surface area contributed by atoms with Crippen molar-refractivity contribution in [1.82, 2.24) is 24.4 Å². The lowest BCUT2D eigenvalue weighted by Gasteiger charge is -2.39. The van der Waals surface area contributed by atoms with Gasteiger partial charge in [-0.05, 0) is 37.5 Å². The molecule has 4 aromatic rings. The van der Waals surface area contributed by atoms with E-state index in [0.29, 0.717) is 49.2 Å². The maximum Gasteiger partial charge on any atom is 0.296 e. The predicted molar refractivity (Wildman–Crippen MR) is 165 cm³/mol. The fraction of sp³-hybridized carbons (Fsp3) is 0.419. The van der Waals surface area contributed by atoms with Gasteiger partial charge in [0.05, 0.1) is 16.6 Å². The molecule has 0 radical (unpaired) electrons. The van der Waals surface area contributed by atoms with Crippen molar-refractivity contribution in [2.75, 3.05) is 47.9 Å². The summed E-state index contributed by atoms with van der Waals surface area (Å²) in [5.41, 5.74) is 1.18. The van der Waals surface area contributed by atoms with Crippen LogP contribution in [0.4, 0.5) is 20.5 Å². The maximum atomic E-state index is 14.2. The average molecular weight is 608 g/mol. The number of aromatic nitrogens is 4. The molecule has 2 N–H and O–H groups in total. The fourth-order valence-electron chi connectivity index (χ4n) is 5.81. The van der Waals surface area contributed by atoms with E-state index in [1.165, 1.54) is 4.57 Å². The van der Waals surface area contributed by atoms with E-state index in [1.807, 2.05) is 42.1 Å². The van der Waals surface area contributed by atoms with Crippen molar-refractivity contribution in [3.8, 4) is 5.82 Å². The molecule has 2 fully saturated rings. The number of hydrogen-bond donors (Lipinski definition) is 2. The first-order chi connectivity index (χ1) is 20.8. The Bertz CT molecular complexity index is 1570. The predicted octanol–water partition coefficient (Wildman–Crippen LogP) is 4.70. The van der Waals surface area contributed by atoms with E-state index in [0.717, 1.165) is 30.2 Å². The Labute approximate surface area is 253 Å². The smallest absolute Gasteiger partial charge is 0.296 e. The molecule has 4 heterocycles. The molecule has 2 aromatic heterocycles. The first kappa shape index (κ1) is 29.3. The van der Waals surface area contributed by atoms with Crippen molar-refractivity contribution >= 4 is 40.5 Å². The molecule has 2 aliphatic heterocycles. The largest absolute Gasteiger partial charge is 0.389 e. The Hall–Kier alpha value is -3.77. The molecule has 2 aliphatic rings. The average Bonchev–Trinajstić information content (AvgIpc) is 3.42. The number of likely N-dealkylation sites (tertiary alicyclic amines) is 1. The van der Waals surface area contributed by atoms with E-state index >= 15 is 0 Å². The summed E-state index contributed by atoms with van der Waals surface area (Å²) in [6, 6.07) is 17.9. The van der Waals surface area contributed by atoms with Crippen molar-refractivity contribution in [2.24, 2.45) is 0 Å². The molecular formula is C31H35F2N7O2S. The molecule has 0 saturated carbocycles. The van der Waals surface area contributed by atoms with Crippen molar-refractivity contribution in [3.63, 3.8) is 0 Å². The normalized spacial score (nSPS) is 17.8. The Morgan fingerprint density at radius 1 is 0.977 bits per heavy atom. The van der Waals surface area contributed by atoms with Crippen LogP contribution < -0.4 is 10.2 Å². The second-order valence-electron chi connectivity index (χ2n) is 11.2. The van der Waals surface area contributed by atoms with Gasteiger partial charge in [0, 0.05) is 50.2 Å². The zero-order chi connectivity index (χ0) is 30.0. The van der Waals surface area contributed by atoms with Crippen LogP contribution in [0.25, 0.3) is 16.9 Å². The standard InChI is InChI=1S/C31H35F2N7O2S/c1-21(29(41)39-13-11-31(42,12-14-39)20-22-7-3-2-4-8-22)34-30-36-25(38-15-17-43-18-16-38)19-26(37-30)40-24-10-6-5-9-23(24)35-28(40)27(32)33/h2-10,19,21,27,42H,11-18,20H2,1H3,(H,34,36,37)/t21-/m0/s1. The highest BCUT2D eigenvalue weighted by atomic mass is 32.2. The number of aliphatic hydroxyl groups is 1. The van der Waals surface area contributed by atoms with Gasteiger partial charge in [-0.25, -0.2) is 13.8 Å². The lowest BCUT2D eigenvalue weighted by molar-refractivity contribution is -0.135. The van der Waals surface area contributed by atoms with Gasteiger partial charge in [0.15, 0.2) is 5.82 Å². The number of amides is 1. The van der Waals surface area contributed by atoms with Crippen LogP contribution >= 0.6 is 11.8 Å². The van der Waals surface area contributed by atoms with Gasteiger partial charge in [-0.1, -0.05) is 42.5 Å². The molecule has 6 rings (SSSR count). The minimum atomic E-state index is -2.81. The lowest BCUT2D eigenvalue weighted by Crippen LogP contribution is -2.51. The summed E-state index contributed by atoms with van der Waals surface area (Å²) in [5.74, 6) is 2.38. The van der Waals surface area contributed by atoms with Crippen LogP contribution in [-0.4, -0.2) is 84.8 Å². The van der Waals surface area contributed by atoms with Crippen LogP contribution in [0, 0.1) is 0 Å². The number of benzene rings is 2. The van der Waals surface area contributed by atoms with Crippen molar-refractivity contribution in [1.29, 1.82) is 0 Å². The molecule has 43 heavy (non-hydrogen) atoms. The number of carbonyl (C=O) groups excluding carboxylic acids is 1. The number of halogens is 2. The molecule has 9 nitrogen and oxygen atoms in total. The number of fused-ring (bicyclic) bond motifs is 1. The molecule has 0 aliphatic carbocycles. The van der Waals surface area contributed by atoms with Crippen LogP contribution in [0.1, 0.15) is 37.6 Å². The number of piperidine rings is 1. The van der Waals surface area contributed by atoms with Gasteiger partial charge in [0.1, 0.15) is 17.7 Å². The van der Waals surface area contributed by atoms with E-state index in [-0.39, 0.29) is 17.7 Å². The number of anilines is 2. The summed E-state index contributed by atoms with van der Waals surface area (Å²) < 4.78 is 29.7. The highest BCUT2D eigenvalue weighted by Crippen LogP contribution is 2.30. The third-order valence-electron chi connectivity index (χ3n) is 8.14. The minimum Gasteiger partial charge on any atom is -0.389 e. The SMILES string of the molecule is C[C@H](Nc1nc(N2CCSCC2)cc(-n2c(C(F)F)nc3ccccc32)n1)C(=O)N1CCC(O)(Cc2ccccc2)CC1. The van der Waals surface area contributed by atoms with Gasteiger partial charge in [-0.15, -0.1) is 0 Å². The Kier molecular flexibility index (Phi) is 8.49. The van der Waals surface area contributed by atoms with Gasteiger partial charge < -0.3 is 20.2 Å². The minimum absolute atomic E-state index is 0.131. The lowest BCUT2D eigenvalue weighted by atomic mass is 9.85. The molecular weight excluding hydrogens is 572 g/mol. The first-order valence-electron chi connectivity index (χ1n) is 14.6. The molecule has 0 bridgehead atoms. The Morgan fingerprint density at radius 3 is 2.37 bits per heavy atom. The van der Waals surface area contributed by atoms with Crippen LogP contribution in [0.3, 0.4) is 0 Å². The molecule has 226 valence electrons. The number of alkyl halides is 2. The highest BCUT2D eigenvalue weighted by Gasteiger charge is 2.35. The quantitative estimate of drug-likeness (QED) is 0.298. The van der Waals surface area contributed by atoms with E-state index in [1.54, 1.807) is 42.2 Å². The molecule has 1 atom stereocenters. The van der Waals surface area contributed by atoms with Gasteiger partial charge >= 0.3 is 0 Å². The monoisotopic (exact) mass is 607 g/mol. The zero-order valence-corrected chi connectivity index (χ0v) is 24.8. The summed E-state index contributed by atoms with van der Waals surface area (Å²) in [5, 5.41) is 14.3. The van der Waals surface area contributed by atoms with Crippen molar-refractivity contribution in [2.45, 2.75) is 44.3 Å². The van der Waals surface area contributed by atoms with Gasteiger partial charge in [0.2, 0.25) is 11.9 Å². The van der Waals surface area contributed by atoms with Crippen molar-refractivity contribution < 1.29 is 18.7 Å². The maximum absolute atomic E-state index is 14.2. The molecule has 0 spiro atoms. The number of rotatable bonds is 8. The van der Waals surface area contributed by atoms with Crippen LogP contribution in [-0.2, 0) is 11.2 Å². The third kappa shape index (κ3) is 6.45. The summed E-state index contributed by atoms with van der Waals surface area (Å²) in [6.07, 6.45) is -1.30. The topological polar surface area (TPSA) is 99.4 Å². The van der Waals surface area contributed by atoms with Gasteiger partial charge in [0.25, 0.3) is 6.43 Å². The van der Waals surface area contributed by atoms with Crippen LogP contribution in [0.2, 0.25) is 0 Å². The number of carbonyl (C=O) groups is 1. The number of para-hydroxylation sites is 2. The number of imidazole rings is 1. The summed E-state index contributed by atoms with van der Waals surface area (Å²) in [6.45, 7) is 4.15. The molecule has 1 amide bonds. The summed E-state index contributed by atoms with van der Waals surface area (Å²) in [4.78, 5) is 30.9. The van der Waals surface area contributed by atoms with E-state index in [4.69, 9.17) is 4.98 Å². The second-order valence-corrected chi connectivity index (χ2v) is 12.4. The van der Waals surface area contributed by atoms with Crippen LogP contribution in [0.5, 0.6) is 0 Å². The third-order valence-corrected chi connectivity index (χ3v) is 9.09. The summed E-state index contributed by atoms with van der Waals surface area (Å²) in [7, 11) is 0.